The van der Waals surface area contributed by atoms with Gasteiger partial charge in [0.2, 0.25) is 11.3 Å². The average molecular weight is 506 g/mol. The van der Waals surface area contributed by atoms with Gasteiger partial charge in [-0.2, -0.15) is 0 Å². The lowest BCUT2D eigenvalue weighted by Gasteiger charge is -2.16. The number of aromatic nitrogens is 5. The molecule has 1 saturated carbocycles. The maximum Gasteiger partial charge on any atom is 0.224 e. The number of amides is 1. The van der Waals surface area contributed by atoms with E-state index < -0.39 is 0 Å². The van der Waals surface area contributed by atoms with Crippen molar-refractivity contribution in [3.05, 3.63) is 94.2 Å². The first-order valence-corrected chi connectivity index (χ1v) is 12.6. The smallest absolute Gasteiger partial charge is 0.224 e. The SMILES string of the molecule is Cc1cnc(-c2c(N)n(C3CC3)c3nc(-c4ccc(CC(=O)NCc5ccncc5)cc4)ccc3c2=O)[nH]1. The Bertz CT molecular complexity index is 1700. The number of H-pyrrole nitrogens is 1. The minimum absolute atomic E-state index is 0.0510. The Morgan fingerprint density at radius 1 is 1.08 bits per heavy atom. The highest BCUT2D eigenvalue weighted by atomic mass is 16.1. The van der Waals surface area contributed by atoms with Crippen LogP contribution in [0.4, 0.5) is 5.82 Å². The van der Waals surface area contributed by atoms with Crippen molar-refractivity contribution < 1.29 is 4.79 Å². The number of carbonyl (C=O) groups is 1. The van der Waals surface area contributed by atoms with Crippen molar-refractivity contribution >= 4 is 22.8 Å². The number of hydrogen-bond donors (Lipinski definition) is 3. The number of imidazole rings is 1. The second-order valence-corrected chi connectivity index (χ2v) is 9.68. The Labute approximate surface area is 218 Å². The molecule has 4 heterocycles. The second-order valence-electron chi connectivity index (χ2n) is 9.68. The fourth-order valence-corrected chi connectivity index (χ4v) is 4.67. The molecule has 190 valence electrons. The molecule has 1 fully saturated rings. The average Bonchev–Trinajstić information content (AvgIpc) is 3.68. The molecule has 6 rings (SSSR count). The van der Waals surface area contributed by atoms with E-state index >= 15 is 0 Å². The Balaban J connectivity index is 1.28. The van der Waals surface area contributed by atoms with Crippen LogP contribution >= 0.6 is 0 Å². The first kappa shape index (κ1) is 23.6. The summed E-state index contributed by atoms with van der Waals surface area (Å²) in [7, 11) is 0. The molecule has 1 amide bonds. The van der Waals surface area contributed by atoms with Crippen LogP contribution in [0.25, 0.3) is 33.7 Å². The number of nitrogens with two attached hydrogens (primary N) is 1. The molecule has 0 aliphatic heterocycles. The highest BCUT2D eigenvalue weighted by Gasteiger charge is 2.30. The Hall–Kier alpha value is -4.79. The van der Waals surface area contributed by atoms with Gasteiger partial charge in [-0.15, -0.1) is 0 Å². The molecule has 1 aromatic carbocycles. The van der Waals surface area contributed by atoms with Crippen molar-refractivity contribution in [2.45, 2.75) is 38.8 Å². The van der Waals surface area contributed by atoms with Gasteiger partial charge in [-0.25, -0.2) is 9.97 Å². The van der Waals surface area contributed by atoms with Gasteiger partial charge in [0.15, 0.2) is 0 Å². The lowest BCUT2D eigenvalue weighted by molar-refractivity contribution is -0.120. The molecule has 0 saturated heterocycles. The molecule has 0 atom stereocenters. The number of rotatable bonds is 7. The van der Waals surface area contributed by atoms with Crippen LogP contribution in [0.5, 0.6) is 0 Å². The number of carbonyl (C=O) groups excluding carboxylic acids is 1. The lowest BCUT2D eigenvalue weighted by atomic mass is 10.1. The first-order valence-electron chi connectivity index (χ1n) is 12.6. The monoisotopic (exact) mass is 505 g/mol. The van der Waals surface area contributed by atoms with E-state index in [0.717, 1.165) is 40.9 Å². The molecular weight excluding hydrogens is 478 g/mol. The number of aryl methyl sites for hydroxylation is 1. The molecular formula is C29H27N7O2. The van der Waals surface area contributed by atoms with Crippen molar-refractivity contribution in [1.82, 2.24) is 29.8 Å². The number of aromatic amines is 1. The summed E-state index contributed by atoms with van der Waals surface area (Å²) in [5, 5.41) is 3.45. The van der Waals surface area contributed by atoms with Crippen molar-refractivity contribution in [2.75, 3.05) is 5.73 Å². The number of nitrogens with zero attached hydrogens (tertiary/aromatic N) is 4. The van der Waals surface area contributed by atoms with Crippen molar-refractivity contribution in [3.8, 4) is 22.6 Å². The predicted octanol–water partition coefficient (Wildman–Crippen LogP) is 3.93. The van der Waals surface area contributed by atoms with Crippen LogP contribution in [0.3, 0.4) is 0 Å². The van der Waals surface area contributed by atoms with Gasteiger partial charge >= 0.3 is 0 Å². The summed E-state index contributed by atoms with van der Waals surface area (Å²) < 4.78 is 1.98. The fraction of sp³-hybridized carbons (Fsp3) is 0.207. The number of pyridine rings is 3. The standard InChI is InChI=1S/C29H27N7O2/c1-17-15-33-28(34-17)25-26(38)22-8-9-23(35-29(22)36(27(25)30)21-6-7-21)20-4-2-18(3-5-20)14-24(37)32-16-19-10-12-31-13-11-19/h2-5,8-13,15,21H,6-7,14,16,30H2,1H3,(H,32,37)(H,33,34). The molecule has 1 aliphatic rings. The molecule has 0 bridgehead atoms. The third kappa shape index (κ3) is 4.54. The Kier molecular flexibility index (Phi) is 5.95. The molecule has 4 aromatic heterocycles. The minimum Gasteiger partial charge on any atom is -0.384 e. The molecule has 0 radical (unpaired) electrons. The van der Waals surface area contributed by atoms with Gasteiger partial charge in [0, 0.05) is 42.4 Å². The van der Waals surface area contributed by atoms with Gasteiger partial charge in [0.05, 0.1) is 17.5 Å². The summed E-state index contributed by atoms with van der Waals surface area (Å²) in [5.74, 6) is 0.813. The lowest BCUT2D eigenvalue weighted by Crippen LogP contribution is -2.24. The minimum atomic E-state index is -0.184. The molecule has 38 heavy (non-hydrogen) atoms. The van der Waals surface area contributed by atoms with Gasteiger partial charge in [-0.05, 0) is 55.2 Å². The third-order valence-electron chi connectivity index (χ3n) is 6.80. The van der Waals surface area contributed by atoms with E-state index in [1.807, 2.05) is 60.0 Å². The van der Waals surface area contributed by atoms with Gasteiger partial charge in [-0.1, -0.05) is 24.3 Å². The number of nitrogen functional groups attached to an aromatic ring is 1. The maximum atomic E-state index is 13.5. The van der Waals surface area contributed by atoms with Gasteiger partial charge in [0.25, 0.3) is 0 Å². The van der Waals surface area contributed by atoms with Crippen LogP contribution in [-0.4, -0.2) is 30.4 Å². The second kappa shape index (κ2) is 9.59. The van der Waals surface area contributed by atoms with Crippen molar-refractivity contribution in [2.24, 2.45) is 0 Å². The van der Waals surface area contributed by atoms with Crippen LogP contribution in [0.2, 0.25) is 0 Å². The third-order valence-corrected chi connectivity index (χ3v) is 6.80. The largest absolute Gasteiger partial charge is 0.384 e. The van der Waals surface area contributed by atoms with E-state index in [1.54, 1.807) is 18.6 Å². The normalized spacial score (nSPS) is 13.1. The Morgan fingerprint density at radius 3 is 2.53 bits per heavy atom. The highest BCUT2D eigenvalue weighted by Crippen LogP contribution is 2.40. The molecule has 0 unspecified atom stereocenters. The zero-order valence-corrected chi connectivity index (χ0v) is 20.9. The quantitative estimate of drug-likeness (QED) is 0.307. The molecule has 0 spiro atoms. The van der Waals surface area contributed by atoms with Gasteiger partial charge in [-0.3, -0.25) is 14.6 Å². The van der Waals surface area contributed by atoms with Gasteiger partial charge in [0.1, 0.15) is 22.9 Å². The maximum absolute atomic E-state index is 13.5. The van der Waals surface area contributed by atoms with E-state index in [4.69, 9.17) is 10.7 Å². The predicted molar refractivity (Wildman–Crippen MR) is 146 cm³/mol. The summed E-state index contributed by atoms with van der Waals surface area (Å²) >= 11 is 0. The first-order chi connectivity index (χ1) is 18.5. The van der Waals surface area contributed by atoms with E-state index in [9.17, 15) is 9.59 Å². The van der Waals surface area contributed by atoms with Crippen LogP contribution in [0, 0.1) is 6.92 Å². The molecule has 5 aromatic rings. The van der Waals surface area contributed by atoms with E-state index in [1.165, 1.54) is 0 Å². The van der Waals surface area contributed by atoms with Crippen LogP contribution in [-0.2, 0) is 17.8 Å². The number of hydrogen-bond acceptors (Lipinski definition) is 6. The van der Waals surface area contributed by atoms with Crippen molar-refractivity contribution in [1.29, 1.82) is 0 Å². The van der Waals surface area contributed by atoms with Crippen LogP contribution < -0.4 is 16.5 Å². The zero-order chi connectivity index (χ0) is 26.2. The van der Waals surface area contributed by atoms with Crippen molar-refractivity contribution in [3.63, 3.8) is 0 Å². The van der Waals surface area contributed by atoms with E-state index in [-0.39, 0.29) is 23.8 Å². The summed E-state index contributed by atoms with van der Waals surface area (Å²) in [6.07, 6.45) is 7.36. The molecule has 9 nitrogen and oxygen atoms in total. The molecule has 9 heteroatoms. The summed E-state index contributed by atoms with van der Waals surface area (Å²) in [4.78, 5) is 42.2. The number of fused-ring (bicyclic) bond motifs is 1. The summed E-state index contributed by atoms with van der Waals surface area (Å²) in [5.41, 5.74) is 11.8. The number of anilines is 1. The van der Waals surface area contributed by atoms with Gasteiger partial charge < -0.3 is 20.6 Å². The summed E-state index contributed by atoms with van der Waals surface area (Å²) in [6, 6.07) is 15.4. The highest BCUT2D eigenvalue weighted by molar-refractivity contribution is 5.87. The fourth-order valence-electron chi connectivity index (χ4n) is 4.67. The zero-order valence-electron chi connectivity index (χ0n) is 20.9. The topological polar surface area (TPSA) is 132 Å². The Morgan fingerprint density at radius 2 is 1.84 bits per heavy atom. The van der Waals surface area contributed by atoms with Crippen LogP contribution in [0.1, 0.15) is 35.7 Å². The molecule has 1 aliphatic carbocycles. The number of nitrogens with one attached hydrogen (secondary N) is 2. The van der Waals surface area contributed by atoms with E-state index in [2.05, 4.69) is 20.3 Å². The van der Waals surface area contributed by atoms with E-state index in [0.29, 0.717) is 34.8 Å². The summed E-state index contributed by atoms with van der Waals surface area (Å²) in [6.45, 7) is 2.36. The number of benzene rings is 1. The molecule has 4 N–H and O–H groups in total. The van der Waals surface area contributed by atoms with Crippen LogP contribution in [0.15, 0.2) is 71.9 Å².